The van der Waals surface area contributed by atoms with Crippen molar-refractivity contribution in [1.82, 2.24) is 10.2 Å². The number of hydrogen-bond acceptors (Lipinski definition) is 3. The van der Waals surface area contributed by atoms with Gasteiger partial charge in [-0.25, -0.2) is 0 Å². The molecule has 0 radical (unpaired) electrons. The van der Waals surface area contributed by atoms with Crippen molar-refractivity contribution in [2.45, 2.75) is 32.4 Å². The van der Waals surface area contributed by atoms with E-state index in [2.05, 4.69) is 62.7 Å². The van der Waals surface area contributed by atoms with E-state index >= 15 is 0 Å². The van der Waals surface area contributed by atoms with Crippen LogP contribution in [0.15, 0.2) is 40.7 Å². The van der Waals surface area contributed by atoms with E-state index in [0.717, 1.165) is 38.6 Å². The van der Waals surface area contributed by atoms with E-state index in [4.69, 9.17) is 0 Å². The standard InChI is InChI=1S/C20H26N4S/c1-15(23-10-8-19-17(14-23)9-12-25-19)13-22-20(21-2)24-11-7-16-5-3-4-6-18(16)24/h3-6,9,12,15H,7-8,10-11,13-14H2,1-2H3,(H,21,22). The number of fused-ring (bicyclic) bond motifs is 2. The molecule has 1 unspecified atom stereocenters. The molecule has 4 nitrogen and oxygen atoms in total. The molecule has 0 aliphatic carbocycles. The maximum Gasteiger partial charge on any atom is 0.198 e. The number of hydrogen-bond donors (Lipinski definition) is 1. The zero-order valence-electron chi connectivity index (χ0n) is 15.0. The second kappa shape index (κ2) is 7.18. The molecule has 2 aromatic rings. The van der Waals surface area contributed by atoms with Crippen LogP contribution in [0.5, 0.6) is 0 Å². The Kier molecular flexibility index (Phi) is 4.77. The molecule has 1 aromatic heterocycles. The lowest BCUT2D eigenvalue weighted by molar-refractivity contribution is 0.193. The quantitative estimate of drug-likeness (QED) is 0.679. The molecule has 0 bridgehead atoms. The highest BCUT2D eigenvalue weighted by molar-refractivity contribution is 7.10. The Hall–Kier alpha value is -1.85. The van der Waals surface area contributed by atoms with Crippen LogP contribution in [0.25, 0.3) is 0 Å². The first-order valence-electron chi connectivity index (χ1n) is 9.11. The first-order chi connectivity index (χ1) is 12.3. The summed E-state index contributed by atoms with van der Waals surface area (Å²) in [7, 11) is 1.88. The van der Waals surface area contributed by atoms with Crippen molar-refractivity contribution in [3.05, 3.63) is 51.7 Å². The second-order valence-electron chi connectivity index (χ2n) is 6.90. The van der Waals surface area contributed by atoms with Crippen LogP contribution in [0.1, 0.15) is 22.9 Å². The number of nitrogens with one attached hydrogen (secondary N) is 1. The molecule has 4 rings (SSSR count). The molecular weight excluding hydrogens is 328 g/mol. The lowest BCUT2D eigenvalue weighted by atomic mass is 10.1. The first kappa shape index (κ1) is 16.6. The summed E-state index contributed by atoms with van der Waals surface area (Å²) in [6, 6.07) is 11.4. The molecule has 3 heterocycles. The van der Waals surface area contributed by atoms with Crippen molar-refractivity contribution in [3.8, 4) is 0 Å². The van der Waals surface area contributed by atoms with Gasteiger partial charge < -0.3 is 10.2 Å². The fourth-order valence-electron chi connectivity index (χ4n) is 3.87. The van der Waals surface area contributed by atoms with Gasteiger partial charge in [0.05, 0.1) is 0 Å². The number of thiophene rings is 1. The third-order valence-corrected chi connectivity index (χ3v) is 6.39. The Morgan fingerprint density at radius 3 is 2.96 bits per heavy atom. The summed E-state index contributed by atoms with van der Waals surface area (Å²) in [5.41, 5.74) is 4.23. The van der Waals surface area contributed by atoms with Gasteiger partial charge in [-0.3, -0.25) is 9.89 Å². The third kappa shape index (κ3) is 3.31. The predicted octanol–water partition coefficient (Wildman–Crippen LogP) is 3.13. The monoisotopic (exact) mass is 354 g/mol. The minimum absolute atomic E-state index is 0.489. The molecule has 1 atom stereocenters. The maximum absolute atomic E-state index is 4.53. The molecule has 1 aromatic carbocycles. The zero-order valence-corrected chi connectivity index (χ0v) is 15.9. The number of nitrogens with zero attached hydrogens (tertiary/aromatic N) is 3. The highest BCUT2D eigenvalue weighted by Gasteiger charge is 2.24. The van der Waals surface area contributed by atoms with Crippen molar-refractivity contribution in [1.29, 1.82) is 0 Å². The van der Waals surface area contributed by atoms with E-state index in [0.29, 0.717) is 6.04 Å². The molecule has 0 fully saturated rings. The van der Waals surface area contributed by atoms with E-state index in [-0.39, 0.29) is 0 Å². The number of anilines is 1. The Bertz CT molecular complexity index is 767. The van der Waals surface area contributed by atoms with E-state index in [9.17, 15) is 0 Å². The molecule has 132 valence electrons. The molecule has 25 heavy (non-hydrogen) atoms. The van der Waals surface area contributed by atoms with Crippen LogP contribution >= 0.6 is 11.3 Å². The van der Waals surface area contributed by atoms with Crippen LogP contribution in [0.4, 0.5) is 5.69 Å². The van der Waals surface area contributed by atoms with Crippen LogP contribution < -0.4 is 10.2 Å². The molecule has 1 N–H and O–H groups in total. The zero-order chi connectivity index (χ0) is 17.2. The van der Waals surface area contributed by atoms with Gasteiger partial charge in [0, 0.05) is 49.8 Å². The number of para-hydroxylation sites is 1. The van der Waals surface area contributed by atoms with Gasteiger partial charge in [0.25, 0.3) is 0 Å². The lowest BCUT2D eigenvalue weighted by Crippen LogP contribution is -2.48. The summed E-state index contributed by atoms with van der Waals surface area (Å²) in [4.78, 5) is 11.0. The molecule has 5 heteroatoms. The summed E-state index contributed by atoms with van der Waals surface area (Å²) in [6.07, 6.45) is 2.28. The van der Waals surface area contributed by atoms with E-state index in [1.54, 1.807) is 4.88 Å². The molecule has 0 saturated heterocycles. The van der Waals surface area contributed by atoms with Crippen molar-refractivity contribution >= 4 is 23.0 Å². The smallest absolute Gasteiger partial charge is 0.198 e. The fraction of sp³-hybridized carbons (Fsp3) is 0.450. The molecule has 0 spiro atoms. The molecule has 2 aliphatic heterocycles. The van der Waals surface area contributed by atoms with Crippen LogP contribution in [0, 0.1) is 0 Å². The van der Waals surface area contributed by atoms with Crippen LogP contribution in [0.2, 0.25) is 0 Å². The largest absolute Gasteiger partial charge is 0.354 e. The van der Waals surface area contributed by atoms with Gasteiger partial charge in [-0.15, -0.1) is 11.3 Å². The maximum atomic E-state index is 4.53. The SMILES string of the molecule is CN=C(NCC(C)N1CCc2sccc2C1)N1CCc2ccccc21. The number of benzene rings is 1. The normalized spacial score (nSPS) is 18.8. The average Bonchev–Trinajstić information content (AvgIpc) is 3.28. The van der Waals surface area contributed by atoms with Crippen molar-refractivity contribution in [2.75, 3.05) is 31.6 Å². The summed E-state index contributed by atoms with van der Waals surface area (Å²) in [5, 5.41) is 5.83. The van der Waals surface area contributed by atoms with Crippen molar-refractivity contribution in [2.24, 2.45) is 4.99 Å². The minimum Gasteiger partial charge on any atom is -0.354 e. The van der Waals surface area contributed by atoms with Gasteiger partial charge in [0.1, 0.15) is 0 Å². The molecule has 0 amide bonds. The molecule has 2 aliphatic rings. The van der Waals surface area contributed by atoms with Gasteiger partial charge in [0.2, 0.25) is 0 Å². The predicted molar refractivity (Wildman–Crippen MR) is 107 cm³/mol. The average molecular weight is 355 g/mol. The number of aliphatic imine (C=N–C) groups is 1. The fourth-order valence-corrected chi connectivity index (χ4v) is 4.76. The Balaban J connectivity index is 1.37. The van der Waals surface area contributed by atoms with Gasteiger partial charge >= 0.3 is 0 Å². The summed E-state index contributed by atoms with van der Waals surface area (Å²) in [5.74, 6) is 0.991. The first-order valence-corrected chi connectivity index (χ1v) is 9.99. The topological polar surface area (TPSA) is 30.9 Å². The second-order valence-corrected chi connectivity index (χ2v) is 7.90. The number of guanidine groups is 1. The molecular formula is C20H26N4S. The van der Waals surface area contributed by atoms with E-state index in [1.165, 1.54) is 23.2 Å². The summed E-state index contributed by atoms with van der Waals surface area (Å²) >= 11 is 1.90. The number of rotatable bonds is 3. The van der Waals surface area contributed by atoms with Crippen molar-refractivity contribution < 1.29 is 0 Å². The Morgan fingerprint density at radius 2 is 2.08 bits per heavy atom. The third-order valence-electron chi connectivity index (χ3n) is 5.37. The van der Waals surface area contributed by atoms with Gasteiger partial charge in [-0.2, -0.15) is 0 Å². The Labute approximate surface area is 154 Å². The minimum atomic E-state index is 0.489. The van der Waals surface area contributed by atoms with Gasteiger partial charge in [-0.05, 0) is 48.4 Å². The highest BCUT2D eigenvalue weighted by atomic mass is 32.1. The van der Waals surface area contributed by atoms with Crippen LogP contribution in [-0.4, -0.2) is 43.6 Å². The van der Waals surface area contributed by atoms with Gasteiger partial charge in [-0.1, -0.05) is 18.2 Å². The Morgan fingerprint density at radius 1 is 1.20 bits per heavy atom. The molecule has 0 saturated carbocycles. The van der Waals surface area contributed by atoms with Crippen molar-refractivity contribution in [3.63, 3.8) is 0 Å². The van der Waals surface area contributed by atoms with E-state index in [1.807, 2.05) is 18.4 Å². The summed E-state index contributed by atoms with van der Waals surface area (Å²) in [6.45, 7) is 6.48. The highest BCUT2D eigenvalue weighted by Crippen LogP contribution is 2.27. The summed E-state index contributed by atoms with van der Waals surface area (Å²) < 4.78 is 0. The van der Waals surface area contributed by atoms with Crippen LogP contribution in [0.3, 0.4) is 0 Å². The van der Waals surface area contributed by atoms with Gasteiger partial charge in [0.15, 0.2) is 5.96 Å². The lowest BCUT2D eigenvalue weighted by Gasteiger charge is -2.33. The van der Waals surface area contributed by atoms with Crippen LogP contribution in [-0.2, 0) is 19.4 Å². The van der Waals surface area contributed by atoms with E-state index < -0.39 is 0 Å².